The zero-order valence-corrected chi connectivity index (χ0v) is 15.0. The zero-order valence-electron chi connectivity index (χ0n) is 15.0. The first kappa shape index (κ1) is 27.4. The topological polar surface area (TPSA) is 0 Å². The first-order chi connectivity index (χ1) is 8.65. The van der Waals surface area contributed by atoms with E-state index in [9.17, 15) is 0 Å². The summed E-state index contributed by atoms with van der Waals surface area (Å²) in [5.74, 6) is 3.05. The summed E-state index contributed by atoms with van der Waals surface area (Å²) in [4.78, 5) is 0. The van der Waals surface area contributed by atoms with Crippen molar-refractivity contribution in [1.29, 1.82) is 0 Å². The van der Waals surface area contributed by atoms with Crippen LogP contribution in [0.3, 0.4) is 0 Å². The third-order valence-electron chi connectivity index (χ3n) is 3.28. The van der Waals surface area contributed by atoms with E-state index in [1.165, 1.54) is 38.5 Å². The van der Waals surface area contributed by atoms with Crippen molar-refractivity contribution in [2.45, 2.75) is 108 Å². The van der Waals surface area contributed by atoms with Crippen LogP contribution >= 0.6 is 0 Å². The second-order valence-corrected chi connectivity index (χ2v) is 5.15. The number of rotatable bonds is 2. The number of hydrogen-bond acceptors (Lipinski definition) is 0. The van der Waals surface area contributed by atoms with Gasteiger partial charge < -0.3 is 0 Å². The van der Waals surface area contributed by atoms with Crippen molar-refractivity contribution in [3.05, 3.63) is 0 Å². The lowest BCUT2D eigenvalue weighted by atomic mass is 9.74. The van der Waals surface area contributed by atoms with Gasteiger partial charge in [-0.3, -0.25) is 0 Å². The average Bonchev–Trinajstić information content (AvgIpc) is 2.40. The van der Waals surface area contributed by atoms with Gasteiger partial charge in [-0.1, -0.05) is 102 Å². The molecule has 0 N–H and O–H groups in total. The second-order valence-electron chi connectivity index (χ2n) is 5.15. The summed E-state index contributed by atoms with van der Waals surface area (Å²) in [6.07, 6.45) is 8.54. The van der Waals surface area contributed by atoms with E-state index < -0.39 is 0 Å². The van der Waals surface area contributed by atoms with Gasteiger partial charge in [-0.2, -0.15) is 0 Å². The maximum atomic E-state index is 2.44. The van der Waals surface area contributed by atoms with Crippen LogP contribution in [-0.4, -0.2) is 0 Å². The molecule has 19 heavy (non-hydrogen) atoms. The molecule has 122 valence electrons. The van der Waals surface area contributed by atoms with Crippen LogP contribution in [0.1, 0.15) is 108 Å². The molecule has 0 radical (unpaired) electrons. The van der Waals surface area contributed by atoms with Gasteiger partial charge in [-0.05, 0) is 24.2 Å². The monoisotopic (exact) mass is 274 g/mol. The van der Waals surface area contributed by atoms with E-state index in [0.29, 0.717) is 0 Å². The van der Waals surface area contributed by atoms with E-state index in [2.05, 4.69) is 34.6 Å². The minimum absolute atomic E-state index is 0. The van der Waals surface area contributed by atoms with Crippen molar-refractivity contribution in [1.82, 2.24) is 0 Å². The lowest BCUT2D eigenvalue weighted by Gasteiger charge is -2.32. The Hall–Kier alpha value is 0. The van der Waals surface area contributed by atoms with Crippen molar-refractivity contribution < 1.29 is 0 Å². The van der Waals surface area contributed by atoms with E-state index >= 15 is 0 Å². The molecule has 0 aromatic heterocycles. The maximum Gasteiger partial charge on any atom is -0.0386 e. The molecule has 1 saturated carbocycles. The molecule has 1 aliphatic rings. The molecule has 0 aromatic carbocycles. The molecule has 3 atom stereocenters. The Balaban J connectivity index is -0.000000121. The van der Waals surface area contributed by atoms with Crippen molar-refractivity contribution in [3.63, 3.8) is 0 Å². The molecule has 0 nitrogen and oxygen atoms in total. The Bertz CT molecular complexity index is 117. The predicted molar refractivity (Wildman–Crippen MR) is 96.0 cm³/mol. The maximum absolute atomic E-state index is 2.44. The van der Waals surface area contributed by atoms with E-state index in [1.807, 2.05) is 27.7 Å². The first-order valence-electron chi connectivity index (χ1n) is 8.65. The third kappa shape index (κ3) is 18.0. The molecule has 0 heteroatoms. The Kier molecular flexibility index (Phi) is 33.3. The summed E-state index contributed by atoms with van der Waals surface area (Å²) in [7, 11) is 0. The first-order valence-corrected chi connectivity index (χ1v) is 8.65. The fraction of sp³-hybridized carbons (Fsp3) is 1.00. The summed E-state index contributed by atoms with van der Waals surface area (Å²) in [6, 6.07) is 0. The van der Waals surface area contributed by atoms with E-state index in [4.69, 9.17) is 0 Å². The van der Waals surface area contributed by atoms with Gasteiger partial charge in [0.2, 0.25) is 0 Å². The Morgan fingerprint density at radius 1 is 0.842 bits per heavy atom. The largest absolute Gasteiger partial charge is 0.0776 e. The van der Waals surface area contributed by atoms with Crippen LogP contribution in [0.15, 0.2) is 0 Å². The summed E-state index contributed by atoms with van der Waals surface area (Å²) < 4.78 is 0. The SMILES string of the molecule is C.CC.CC.CCC.CCCC1CC(C)CCC1C. The molecular weight excluding hydrogens is 228 g/mol. The van der Waals surface area contributed by atoms with Crippen LogP contribution in [0, 0.1) is 17.8 Å². The molecule has 0 saturated heterocycles. The minimum Gasteiger partial charge on any atom is -0.0776 e. The fourth-order valence-electron chi connectivity index (χ4n) is 2.42. The predicted octanol–water partition coefficient (Wildman–Crippen LogP) is 7.96. The molecule has 1 fully saturated rings. The van der Waals surface area contributed by atoms with Gasteiger partial charge >= 0.3 is 0 Å². The van der Waals surface area contributed by atoms with Crippen molar-refractivity contribution in [2.75, 3.05) is 0 Å². The minimum atomic E-state index is 0. The van der Waals surface area contributed by atoms with Gasteiger partial charge in [0.25, 0.3) is 0 Å². The Labute approximate surface area is 126 Å². The van der Waals surface area contributed by atoms with Crippen LogP contribution in [0.25, 0.3) is 0 Å². The second kappa shape index (κ2) is 23.1. The van der Waals surface area contributed by atoms with E-state index in [-0.39, 0.29) is 7.43 Å². The van der Waals surface area contributed by atoms with Crippen LogP contribution in [0.4, 0.5) is 0 Å². The molecule has 0 bridgehead atoms. The van der Waals surface area contributed by atoms with Gasteiger partial charge in [-0.25, -0.2) is 0 Å². The summed E-state index contributed by atoms with van der Waals surface area (Å²) in [6.45, 7) is 19.4. The van der Waals surface area contributed by atoms with Crippen LogP contribution in [-0.2, 0) is 0 Å². The van der Waals surface area contributed by atoms with Gasteiger partial charge in [0, 0.05) is 0 Å². The summed E-state index contributed by atoms with van der Waals surface area (Å²) >= 11 is 0. The molecule has 1 aliphatic carbocycles. The molecule has 1 rings (SSSR count). The highest BCUT2D eigenvalue weighted by molar-refractivity contribution is 4.75. The van der Waals surface area contributed by atoms with Gasteiger partial charge in [0.15, 0.2) is 0 Å². The van der Waals surface area contributed by atoms with Crippen LogP contribution in [0.5, 0.6) is 0 Å². The fourth-order valence-corrected chi connectivity index (χ4v) is 2.42. The van der Waals surface area contributed by atoms with Gasteiger partial charge in [0.1, 0.15) is 0 Å². The standard InChI is InChI=1S/C11H22.C3H8.2C2H6.CH4/c1-4-5-11-8-9(2)6-7-10(11)3;1-3-2;2*1-2;/h9-11H,4-8H2,1-3H3;3H2,1-2H3;2*1-2H3;1H4. The van der Waals surface area contributed by atoms with Crippen molar-refractivity contribution in [3.8, 4) is 0 Å². The molecule has 3 unspecified atom stereocenters. The summed E-state index contributed by atoms with van der Waals surface area (Å²) in [5, 5.41) is 0. The number of hydrogen-bond donors (Lipinski definition) is 0. The lowest BCUT2D eigenvalue weighted by Crippen LogP contribution is -2.21. The van der Waals surface area contributed by atoms with Crippen molar-refractivity contribution in [2.24, 2.45) is 17.8 Å². The van der Waals surface area contributed by atoms with Crippen molar-refractivity contribution >= 4 is 0 Å². The molecule has 0 amide bonds. The van der Waals surface area contributed by atoms with Crippen LogP contribution in [0.2, 0.25) is 0 Å². The normalized spacial score (nSPS) is 24.2. The molecule has 0 aromatic rings. The van der Waals surface area contributed by atoms with Gasteiger partial charge in [-0.15, -0.1) is 0 Å². The highest BCUT2D eigenvalue weighted by Gasteiger charge is 2.24. The van der Waals surface area contributed by atoms with Crippen LogP contribution < -0.4 is 0 Å². The highest BCUT2D eigenvalue weighted by atomic mass is 14.3. The molecule has 0 heterocycles. The summed E-state index contributed by atoms with van der Waals surface area (Å²) in [5.41, 5.74) is 0. The molecule has 0 spiro atoms. The highest BCUT2D eigenvalue weighted by Crippen LogP contribution is 2.35. The zero-order chi connectivity index (χ0) is 15.0. The third-order valence-corrected chi connectivity index (χ3v) is 3.28. The van der Waals surface area contributed by atoms with E-state index in [1.54, 1.807) is 0 Å². The quantitative estimate of drug-likeness (QED) is 0.479. The molecule has 0 aliphatic heterocycles. The van der Waals surface area contributed by atoms with E-state index in [0.717, 1.165) is 17.8 Å². The Morgan fingerprint density at radius 2 is 1.26 bits per heavy atom. The smallest absolute Gasteiger partial charge is 0.0386 e. The van der Waals surface area contributed by atoms with Gasteiger partial charge in [0.05, 0.1) is 0 Å². The molecular formula is C19H46. The average molecular weight is 275 g/mol. The lowest BCUT2D eigenvalue weighted by molar-refractivity contribution is 0.192. The Morgan fingerprint density at radius 3 is 1.63 bits per heavy atom.